The highest BCUT2D eigenvalue weighted by Crippen LogP contribution is 2.33. The molecule has 0 aliphatic rings. The third-order valence-electron chi connectivity index (χ3n) is 2.86. The molecule has 1 aromatic carbocycles. The van der Waals surface area contributed by atoms with Crippen LogP contribution in [0.1, 0.15) is 13.8 Å². The van der Waals surface area contributed by atoms with Crippen molar-refractivity contribution >= 4 is 11.7 Å². The molecule has 0 heterocycles. The lowest BCUT2D eigenvalue weighted by molar-refractivity contribution is -0.138. The highest BCUT2D eigenvalue weighted by atomic mass is 16.5. The van der Waals surface area contributed by atoms with Gasteiger partial charge in [-0.3, -0.25) is 0 Å². The number of aliphatic carboxylic acids is 1. The molecule has 0 saturated heterocycles. The van der Waals surface area contributed by atoms with Gasteiger partial charge in [0.1, 0.15) is 17.5 Å². The summed E-state index contributed by atoms with van der Waals surface area (Å²) in [4.78, 5) is 12.9. The Bertz CT molecular complexity index is 419. The quantitative estimate of drug-likeness (QED) is 0.840. The van der Waals surface area contributed by atoms with Gasteiger partial charge in [-0.15, -0.1) is 0 Å². The van der Waals surface area contributed by atoms with Gasteiger partial charge in [0.05, 0.1) is 19.9 Å². The fourth-order valence-electron chi connectivity index (χ4n) is 1.81. The van der Waals surface area contributed by atoms with E-state index in [1.165, 1.54) is 0 Å². The van der Waals surface area contributed by atoms with Crippen molar-refractivity contribution in [3.8, 4) is 11.5 Å². The second-order valence-corrected chi connectivity index (χ2v) is 3.84. The summed E-state index contributed by atoms with van der Waals surface area (Å²) in [5.41, 5.74) is 0.746. The van der Waals surface area contributed by atoms with E-state index >= 15 is 0 Å². The molecule has 5 nitrogen and oxygen atoms in total. The number of hydrogen-bond acceptors (Lipinski definition) is 4. The fraction of sp³-hybridized carbons (Fsp3) is 0.462. The number of likely N-dealkylation sites (N-methyl/N-ethyl adjacent to an activating group) is 1. The summed E-state index contributed by atoms with van der Waals surface area (Å²) in [5.74, 6) is 0.411. The minimum absolute atomic E-state index is 0.580. The van der Waals surface area contributed by atoms with Crippen LogP contribution in [0.3, 0.4) is 0 Å². The van der Waals surface area contributed by atoms with Crippen LogP contribution < -0.4 is 14.4 Å². The van der Waals surface area contributed by atoms with Gasteiger partial charge in [0, 0.05) is 12.6 Å². The third-order valence-corrected chi connectivity index (χ3v) is 2.86. The van der Waals surface area contributed by atoms with E-state index < -0.39 is 12.0 Å². The van der Waals surface area contributed by atoms with E-state index in [2.05, 4.69) is 0 Å². The lowest BCUT2D eigenvalue weighted by atomic mass is 10.2. The summed E-state index contributed by atoms with van der Waals surface area (Å²) in [6, 6.07) is 4.72. The van der Waals surface area contributed by atoms with Crippen LogP contribution in [-0.2, 0) is 4.79 Å². The molecular formula is C13H19NO4. The first-order valence-corrected chi connectivity index (χ1v) is 5.76. The molecule has 1 N–H and O–H groups in total. The normalized spacial score (nSPS) is 11.8. The van der Waals surface area contributed by atoms with Gasteiger partial charge in [0.2, 0.25) is 0 Å². The number of rotatable bonds is 6. The van der Waals surface area contributed by atoms with E-state index in [1.807, 2.05) is 6.92 Å². The maximum Gasteiger partial charge on any atom is 0.326 e. The molecule has 18 heavy (non-hydrogen) atoms. The molecule has 0 radical (unpaired) electrons. The summed E-state index contributed by atoms with van der Waals surface area (Å²) >= 11 is 0. The topological polar surface area (TPSA) is 59.0 Å². The van der Waals surface area contributed by atoms with Crippen LogP contribution in [0.5, 0.6) is 11.5 Å². The molecule has 1 aromatic rings. The Morgan fingerprint density at radius 2 is 2.06 bits per heavy atom. The minimum atomic E-state index is -0.866. The first-order chi connectivity index (χ1) is 8.54. The molecule has 0 amide bonds. The molecular weight excluding hydrogens is 234 g/mol. The predicted molar refractivity (Wildman–Crippen MR) is 69.7 cm³/mol. The average Bonchev–Trinajstić information content (AvgIpc) is 2.39. The molecule has 1 atom stereocenters. The molecule has 0 spiro atoms. The van der Waals surface area contributed by atoms with Crippen LogP contribution in [0.4, 0.5) is 5.69 Å². The standard InChI is InChI=1S/C13H19NO4/c1-5-14(9(2)13(15)16)11-7-6-10(17-3)8-12(11)18-4/h6-9H,5H2,1-4H3,(H,15,16)/t9-/m1/s1. The number of ether oxygens (including phenoxy) is 2. The van der Waals surface area contributed by atoms with Gasteiger partial charge < -0.3 is 19.5 Å². The van der Waals surface area contributed by atoms with Gasteiger partial charge in [-0.1, -0.05) is 0 Å². The van der Waals surface area contributed by atoms with Gasteiger partial charge in [0.25, 0.3) is 0 Å². The average molecular weight is 253 g/mol. The maximum absolute atomic E-state index is 11.1. The molecule has 0 aromatic heterocycles. The second-order valence-electron chi connectivity index (χ2n) is 3.84. The number of methoxy groups -OCH3 is 2. The summed E-state index contributed by atoms with van der Waals surface area (Å²) in [5, 5.41) is 9.10. The van der Waals surface area contributed by atoms with E-state index in [0.29, 0.717) is 18.0 Å². The van der Waals surface area contributed by atoms with E-state index in [4.69, 9.17) is 14.6 Å². The van der Waals surface area contributed by atoms with Crippen molar-refractivity contribution < 1.29 is 19.4 Å². The Balaban J connectivity index is 3.16. The van der Waals surface area contributed by atoms with Crippen LogP contribution >= 0.6 is 0 Å². The van der Waals surface area contributed by atoms with Gasteiger partial charge in [-0.05, 0) is 26.0 Å². The predicted octanol–water partition coefficient (Wildman–Crippen LogP) is 2.00. The lowest BCUT2D eigenvalue weighted by Gasteiger charge is -2.28. The van der Waals surface area contributed by atoms with Crippen molar-refractivity contribution in [2.75, 3.05) is 25.7 Å². The van der Waals surface area contributed by atoms with Gasteiger partial charge in [0.15, 0.2) is 0 Å². The number of carboxylic acid groups (broad SMARTS) is 1. The molecule has 100 valence electrons. The van der Waals surface area contributed by atoms with Gasteiger partial charge >= 0.3 is 5.97 Å². The van der Waals surface area contributed by atoms with Crippen molar-refractivity contribution in [1.82, 2.24) is 0 Å². The lowest BCUT2D eigenvalue weighted by Crippen LogP contribution is -2.39. The Morgan fingerprint density at radius 1 is 1.39 bits per heavy atom. The Labute approximate surface area is 107 Å². The Morgan fingerprint density at radius 3 is 2.50 bits per heavy atom. The molecule has 0 aliphatic heterocycles. The highest BCUT2D eigenvalue weighted by Gasteiger charge is 2.22. The van der Waals surface area contributed by atoms with Crippen LogP contribution in [-0.4, -0.2) is 37.9 Å². The largest absolute Gasteiger partial charge is 0.497 e. The summed E-state index contributed by atoms with van der Waals surface area (Å²) < 4.78 is 10.4. The highest BCUT2D eigenvalue weighted by molar-refractivity contribution is 5.79. The van der Waals surface area contributed by atoms with Crippen molar-refractivity contribution in [3.63, 3.8) is 0 Å². The SMILES string of the molecule is CCN(c1ccc(OC)cc1OC)[C@H](C)C(=O)O. The number of carboxylic acids is 1. The number of benzene rings is 1. The molecule has 0 unspecified atom stereocenters. The number of hydrogen-bond donors (Lipinski definition) is 1. The molecule has 0 aliphatic carbocycles. The van der Waals surface area contributed by atoms with Crippen LogP contribution in [0.15, 0.2) is 18.2 Å². The monoisotopic (exact) mass is 253 g/mol. The number of anilines is 1. The van der Waals surface area contributed by atoms with E-state index in [0.717, 1.165) is 5.69 Å². The van der Waals surface area contributed by atoms with E-state index in [9.17, 15) is 4.79 Å². The first kappa shape index (κ1) is 14.2. The van der Waals surface area contributed by atoms with Crippen molar-refractivity contribution in [3.05, 3.63) is 18.2 Å². The Hall–Kier alpha value is -1.91. The zero-order valence-electron chi connectivity index (χ0n) is 11.1. The van der Waals surface area contributed by atoms with Crippen molar-refractivity contribution in [2.24, 2.45) is 0 Å². The Kier molecular flexibility index (Phi) is 4.83. The third kappa shape index (κ3) is 2.85. The maximum atomic E-state index is 11.1. The smallest absolute Gasteiger partial charge is 0.326 e. The van der Waals surface area contributed by atoms with Crippen molar-refractivity contribution in [2.45, 2.75) is 19.9 Å². The summed E-state index contributed by atoms with van der Waals surface area (Å²) in [6.07, 6.45) is 0. The second kappa shape index (κ2) is 6.14. The zero-order chi connectivity index (χ0) is 13.7. The minimum Gasteiger partial charge on any atom is -0.497 e. The van der Waals surface area contributed by atoms with Crippen LogP contribution in [0.2, 0.25) is 0 Å². The van der Waals surface area contributed by atoms with Crippen LogP contribution in [0.25, 0.3) is 0 Å². The molecule has 5 heteroatoms. The molecule has 0 bridgehead atoms. The van der Waals surface area contributed by atoms with Crippen molar-refractivity contribution in [1.29, 1.82) is 0 Å². The number of carbonyl (C=O) groups is 1. The van der Waals surface area contributed by atoms with E-state index in [1.54, 1.807) is 44.2 Å². The zero-order valence-corrected chi connectivity index (χ0v) is 11.1. The van der Waals surface area contributed by atoms with Crippen LogP contribution in [0, 0.1) is 0 Å². The first-order valence-electron chi connectivity index (χ1n) is 5.76. The fourth-order valence-corrected chi connectivity index (χ4v) is 1.81. The molecule has 0 saturated carbocycles. The van der Waals surface area contributed by atoms with E-state index in [-0.39, 0.29) is 0 Å². The summed E-state index contributed by atoms with van der Waals surface area (Å²) in [7, 11) is 3.13. The summed E-state index contributed by atoms with van der Waals surface area (Å²) in [6.45, 7) is 4.13. The molecule has 0 fully saturated rings. The van der Waals surface area contributed by atoms with Gasteiger partial charge in [-0.25, -0.2) is 4.79 Å². The van der Waals surface area contributed by atoms with Gasteiger partial charge in [-0.2, -0.15) is 0 Å². The molecule has 1 rings (SSSR count). The number of nitrogens with zero attached hydrogens (tertiary/aromatic N) is 1.